The molecule has 0 aliphatic carbocycles. The van der Waals surface area contributed by atoms with Gasteiger partial charge in [-0.2, -0.15) is 18.3 Å². The Labute approximate surface area is 191 Å². The fourth-order valence-corrected chi connectivity index (χ4v) is 3.60. The minimum Gasteiger partial charge on any atom is -0.288 e. The molecule has 0 aliphatic rings. The van der Waals surface area contributed by atoms with Gasteiger partial charge < -0.3 is 0 Å². The maximum absolute atomic E-state index is 13.2. The Morgan fingerprint density at radius 2 is 1.82 bits per heavy atom. The van der Waals surface area contributed by atoms with Gasteiger partial charge in [0.2, 0.25) is 0 Å². The van der Waals surface area contributed by atoms with Crippen LogP contribution in [0.4, 0.5) is 18.9 Å². The second-order valence-electron chi connectivity index (χ2n) is 7.43. The van der Waals surface area contributed by atoms with Crippen LogP contribution in [0.5, 0.6) is 0 Å². The van der Waals surface area contributed by atoms with Crippen LogP contribution in [-0.4, -0.2) is 23.8 Å². The summed E-state index contributed by atoms with van der Waals surface area (Å²) in [7, 11) is 0. The van der Waals surface area contributed by atoms with E-state index >= 15 is 0 Å². The Bertz CT molecular complexity index is 1350. The SMILES string of the molecule is CCCn1c(=O)c([N+](=O)[O-])c(C=Cc2cnn(Cc3ccccc3C(F)(F)F)c2)n(CC)c1=O. The number of halogens is 3. The molecule has 3 rings (SSSR count). The molecule has 2 aromatic heterocycles. The third-order valence-corrected chi connectivity index (χ3v) is 5.13. The van der Waals surface area contributed by atoms with E-state index in [0.717, 1.165) is 15.2 Å². The number of benzene rings is 1. The molecule has 180 valence electrons. The molecular weight excluding hydrogens is 455 g/mol. The topological polar surface area (TPSA) is 105 Å². The van der Waals surface area contributed by atoms with Crippen molar-refractivity contribution >= 4 is 17.8 Å². The molecule has 1 aromatic carbocycles. The molecule has 34 heavy (non-hydrogen) atoms. The van der Waals surface area contributed by atoms with Crippen molar-refractivity contribution in [1.82, 2.24) is 18.9 Å². The van der Waals surface area contributed by atoms with E-state index in [2.05, 4.69) is 5.10 Å². The maximum atomic E-state index is 13.2. The van der Waals surface area contributed by atoms with Crippen molar-refractivity contribution in [3.05, 3.63) is 90.0 Å². The highest BCUT2D eigenvalue weighted by Gasteiger charge is 2.33. The number of alkyl halides is 3. The monoisotopic (exact) mass is 477 g/mol. The van der Waals surface area contributed by atoms with Crippen LogP contribution >= 0.6 is 0 Å². The Kier molecular flexibility index (Phi) is 7.18. The van der Waals surface area contributed by atoms with Crippen LogP contribution in [-0.2, 0) is 25.8 Å². The molecule has 12 heteroatoms. The average Bonchev–Trinajstić information content (AvgIpc) is 3.21. The molecule has 0 atom stereocenters. The van der Waals surface area contributed by atoms with Crippen LogP contribution in [0.15, 0.2) is 46.2 Å². The van der Waals surface area contributed by atoms with E-state index in [1.54, 1.807) is 13.8 Å². The summed E-state index contributed by atoms with van der Waals surface area (Å²) in [4.78, 5) is 36.1. The first kappa shape index (κ1) is 24.7. The Morgan fingerprint density at radius 1 is 1.12 bits per heavy atom. The number of hydrogen-bond acceptors (Lipinski definition) is 5. The molecule has 0 spiro atoms. The van der Waals surface area contributed by atoms with E-state index in [9.17, 15) is 32.9 Å². The maximum Gasteiger partial charge on any atom is 0.416 e. The van der Waals surface area contributed by atoms with Crippen LogP contribution in [0.25, 0.3) is 12.2 Å². The first-order valence-electron chi connectivity index (χ1n) is 10.5. The molecule has 9 nitrogen and oxygen atoms in total. The number of nitrogens with zero attached hydrogens (tertiary/aromatic N) is 5. The summed E-state index contributed by atoms with van der Waals surface area (Å²) in [5, 5.41) is 15.7. The molecule has 0 unspecified atom stereocenters. The lowest BCUT2D eigenvalue weighted by Crippen LogP contribution is -2.41. The van der Waals surface area contributed by atoms with Gasteiger partial charge in [-0.05, 0) is 37.1 Å². The third kappa shape index (κ3) is 5.00. The standard InChI is InChI=1S/C22H22F3N5O4/c1-3-11-29-20(31)19(30(33)34)18(28(4-2)21(29)32)10-9-15-12-26-27(13-15)14-16-7-5-6-8-17(16)22(23,24)25/h5-10,12-13H,3-4,11,14H2,1-2H3. The summed E-state index contributed by atoms with van der Waals surface area (Å²) in [6, 6.07) is 5.15. The summed E-state index contributed by atoms with van der Waals surface area (Å²) in [6.45, 7) is 3.37. The van der Waals surface area contributed by atoms with Crippen LogP contribution in [0.1, 0.15) is 42.7 Å². The minimum absolute atomic E-state index is 0.0311. The molecule has 0 saturated heterocycles. The smallest absolute Gasteiger partial charge is 0.288 e. The molecule has 2 heterocycles. The number of rotatable bonds is 8. The van der Waals surface area contributed by atoms with Gasteiger partial charge >= 0.3 is 23.1 Å². The van der Waals surface area contributed by atoms with Crippen molar-refractivity contribution in [2.75, 3.05) is 0 Å². The predicted octanol–water partition coefficient (Wildman–Crippen LogP) is 3.78. The first-order chi connectivity index (χ1) is 16.1. The highest BCUT2D eigenvalue weighted by molar-refractivity contribution is 5.71. The van der Waals surface area contributed by atoms with Gasteiger partial charge in [0.05, 0.1) is 23.2 Å². The van der Waals surface area contributed by atoms with Gasteiger partial charge in [0.15, 0.2) is 0 Å². The molecule has 3 aromatic rings. The fourth-order valence-electron chi connectivity index (χ4n) is 3.60. The summed E-state index contributed by atoms with van der Waals surface area (Å²) < 4.78 is 43.0. The van der Waals surface area contributed by atoms with Crippen molar-refractivity contribution in [2.45, 2.75) is 46.1 Å². The molecule has 0 bridgehead atoms. The Morgan fingerprint density at radius 3 is 2.44 bits per heavy atom. The largest absolute Gasteiger partial charge is 0.416 e. The number of hydrogen-bond donors (Lipinski definition) is 0. The zero-order valence-corrected chi connectivity index (χ0v) is 18.5. The molecular formula is C22H22F3N5O4. The van der Waals surface area contributed by atoms with Crippen molar-refractivity contribution in [2.24, 2.45) is 0 Å². The molecule has 0 radical (unpaired) electrons. The Hall–Kier alpha value is -3.96. The number of nitro groups is 1. The van der Waals surface area contributed by atoms with Crippen molar-refractivity contribution in [3.8, 4) is 0 Å². The summed E-state index contributed by atoms with van der Waals surface area (Å²) in [5.74, 6) is 0. The van der Waals surface area contributed by atoms with Crippen LogP contribution in [0, 0.1) is 10.1 Å². The van der Waals surface area contributed by atoms with Crippen LogP contribution in [0.3, 0.4) is 0 Å². The van der Waals surface area contributed by atoms with Gasteiger partial charge in [-0.25, -0.2) is 4.79 Å². The van der Waals surface area contributed by atoms with E-state index < -0.39 is 33.6 Å². The summed E-state index contributed by atoms with van der Waals surface area (Å²) in [6.07, 6.45) is 1.45. The highest BCUT2D eigenvalue weighted by Crippen LogP contribution is 2.32. The second-order valence-corrected chi connectivity index (χ2v) is 7.43. The van der Waals surface area contributed by atoms with Gasteiger partial charge in [0, 0.05) is 24.8 Å². The third-order valence-electron chi connectivity index (χ3n) is 5.13. The first-order valence-corrected chi connectivity index (χ1v) is 10.5. The molecule has 0 aliphatic heterocycles. The van der Waals surface area contributed by atoms with Crippen molar-refractivity contribution in [1.29, 1.82) is 0 Å². The predicted molar refractivity (Wildman–Crippen MR) is 119 cm³/mol. The minimum atomic E-state index is -4.51. The molecule has 0 amide bonds. The fraction of sp³-hybridized carbons (Fsp3) is 0.318. The molecule has 0 fully saturated rings. The average molecular weight is 477 g/mol. The van der Waals surface area contributed by atoms with Crippen molar-refractivity contribution < 1.29 is 18.1 Å². The normalized spacial score (nSPS) is 11.9. The Balaban J connectivity index is 1.99. The second kappa shape index (κ2) is 9.89. The quantitative estimate of drug-likeness (QED) is 0.363. The van der Waals surface area contributed by atoms with E-state index in [4.69, 9.17) is 0 Å². The lowest BCUT2D eigenvalue weighted by atomic mass is 10.1. The lowest BCUT2D eigenvalue weighted by Gasteiger charge is -2.12. The van der Waals surface area contributed by atoms with Crippen molar-refractivity contribution in [3.63, 3.8) is 0 Å². The van der Waals surface area contributed by atoms with Gasteiger partial charge in [-0.3, -0.25) is 28.7 Å². The van der Waals surface area contributed by atoms with E-state index in [1.165, 1.54) is 47.4 Å². The zero-order chi connectivity index (χ0) is 25.0. The summed E-state index contributed by atoms with van der Waals surface area (Å²) in [5.41, 5.74) is -2.84. The zero-order valence-electron chi connectivity index (χ0n) is 18.5. The highest BCUT2D eigenvalue weighted by atomic mass is 19.4. The van der Waals surface area contributed by atoms with Gasteiger partial charge in [-0.1, -0.05) is 25.1 Å². The summed E-state index contributed by atoms with van der Waals surface area (Å²) >= 11 is 0. The molecule has 0 N–H and O–H groups in total. The lowest BCUT2D eigenvalue weighted by molar-refractivity contribution is -0.387. The van der Waals surface area contributed by atoms with E-state index in [-0.39, 0.29) is 30.9 Å². The van der Waals surface area contributed by atoms with Gasteiger partial charge in [-0.15, -0.1) is 0 Å². The van der Waals surface area contributed by atoms with Crippen LogP contribution in [0.2, 0.25) is 0 Å². The van der Waals surface area contributed by atoms with E-state index in [0.29, 0.717) is 12.0 Å². The van der Waals surface area contributed by atoms with E-state index in [1.807, 2.05) is 0 Å². The number of aromatic nitrogens is 4. The molecule has 0 saturated carbocycles. The van der Waals surface area contributed by atoms with Gasteiger partial charge in [0.1, 0.15) is 5.69 Å². The van der Waals surface area contributed by atoms with Crippen LogP contribution < -0.4 is 11.2 Å². The van der Waals surface area contributed by atoms with Gasteiger partial charge in [0.25, 0.3) is 0 Å².